The van der Waals surface area contributed by atoms with Gasteiger partial charge in [0.2, 0.25) is 15.9 Å². The van der Waals surface area contributed by atoms with Gasteiger partial charge in [-0.15, -0.1) is 0 Å². The predicted octanol–water partition coefficient (Wildman–Crippen LogP) is 1.95. The molecule has 1 amide bonds. The topological polar surface area (TPSA) is 75.7 Å². The van der Waals surface area contributed by atoms with E-state index in [9.17, 15) is 13.2 Å². The van der Waals surface area contributed by atoms with Gasteiger partial charge in [0.15, 0.2) is 0 Å². The lowest BCUT2D eigenvalue weighted by atomic mass is 9.95. The second-order valence-electron chi connectivity index (χ2n) is 6.51. The van der Waals surface area contributed by atoms with Gasteiger partial charge in [-0.3, -0.25) is 4.79 Å². The number of carbonyl (C=O) groups is 1. The molecule has 1 aliphatic carbocycles. The molecule has 0 heterocycles. The summed E-state index contributed by atoms with van der Waals surface area (Å²) in [4.78, 5) is 12.2. The predicted molar refractivity (Wildman–Crippen MR) is 98.1 cm³/mol. The number of nitrogens with one attached hydrogen (secondary N) is 1. The smallest absolute Gasteiger partial charge is 0.235 e. The molecule has 0 bridgehead atoms. The van der Waals surface area contributed by atoms with Crippen molar-refractivity contribution in [3.8, 4) is 5.75 Å². The van der Waals surface area contributed by atoms with Gasteiger partial charge < -0.3 is 10.1 Å². The molecule has 1 fully saturated rings. The third-order valence-corrected chi connectivity index (χ3v) is 5.90. The minimum atomic E-state index is -3.39. The molecule has 0 unspecified atom stereocenters. The zero-order valence-corrected chi connectivity index (χ0v) is 15.8. The largest absolute Gasteiger partial charge is 0.496 e. The van der Waals surface area contributed by atoms with E-state index in [2.05, 4.69) is 5.32 Å². The Balaban J connectivity index is 1.88. The second-order valence-corrected chi connectivity index (χ2v) is 8.45. The third kappa shape index (κ3) is 6.01. The van der Waals surface area contributed by atoms with Crippen molar-refractivity contribution in [3.63, 3.8) is 0 Å². The van der Waals surface area contributed by atoms with Crippen LogP contribution in [0.4, 0.5) is 0 Å². The summed E-state index contributed by atoms with van der Waals surface area (Å²) in [7, 11) is -1.78. The quantitative estimate of drug-likeness (QED) is 0.761. The molecule has 1 aromatic carbocycles. The van der Waals surface area contributed by atoms with Gasteiger partial charge in [0.05, 0.1) is 19.9 Å². The molecule has 6 nitrogen and oxygen atoms in total. The Morgan fingerprint density at radius 1 is 1.24 bits per heavy atom. The number of nitrogens with zero attached hydrogens (tertiary/aromatic N) is 1. The lowest BCUT2D eigenvalue weighted by Gasteiger charge is -2.31. The van der Waals surface area contributed by atoms with E-state index in [0.717, 1.165) is 43.4 Å². The number of benzene rings is 1. The minimum absolute atomic E-state index is 0.0521. The lowest BCUT2D eigenvalue weighted by Crippen LogP contribution is -2.46. The summed E-state index contributed by atoms with van der Waals surface area (Å²) < 4.78 is 30.8. The first-order valence-electron chi connectivity index (χ1n) is 8.77. The molecule has 1 N–H and O–H groups in total. The van der Waals surface area contributed by atoms with Gasteiger partial charge in [0.1, 0.15) is 5.75 Å². The average molecular weight is 368 g/mol. The number of methoxy groups -OCH3 is 1. The summed E-state index contributed by atoms with van der Waals surface area (Å²) in [5, 5.41) is 2.82. The summed E-state index contributed by atoms with van der Waals surface area (Å²) in [6, 6.07) is 7.61. The molecule has 1 aromatic rings. The van der Waals surface area contributed by atoms with Crippen molar-refractivity contribution in [1.29, 1.82) is 0 Å². The maximum absolute atomic E-state index is 12.2. The molecule has 0 saturated heterocycles. The average Bonchev–Trinajstić information content (AvgIpc) is 2.60. The summed E-state index contributed by atoms with van der Waals surface area (Å²) in [5.41, 5.74) is 1.01. The van der Waals surface area contributed by atoms with Crippen molar-refractivity contribution in [2.75, 3.05) is 26.5 Å². The molecule has 0 spiro atoms. The molecule has 1 aliphatic rings. The monoisotopic (exact) mass is 368 g/mol. The number of para-hydroxylation sites is 1. The Morgan fingerprint density at radius 3 is 2.56 bits per heavy atom. The Morgan fingerprint density at radius 2 is 1.92 bits per heavy atom. The van der Waals surface area contributed by atoms with Gasteiger partial charge >= 0.3 is 0 Å². The summed E-state index contributed by atoms with van der Waals surface area (Å²) in [6.07, 6.45) is 6.67. The van der Waals surface area contributed by atoms with Crippen LogP contribution in [0.15, 0.2) is 24.3 Å². The lowest BCUT2D eigenvalue weighted by molar-refractivity contribution is -0.121. The maximum atomic E-state index is 12.2. The second kappa shape index (κ2) is 9.20. The minimum Gasteiger partial charge on any atom is -0.496 e. The standard InChI is InChI=1S/C18H28N2O4S/c1-24-17-11-7-6-8-15(17)12-13-19-18(21)14-20(25(2,22)23)16-9-4-3-5-10-16/h6-8,11,16H,3-5,9-10,12-14H2,1-2H3,(H,19,21). The van der Waals surface area contributed by atoms with Crippen LogP contribution in [-0.2, 0) is 21.2 Å². The molecule has 2 rings (SSSR count). The fraction of sp³-hybridized carbons (Fsp3) is 0.611. The normalized spacial score (nSPS) is 16.0. The molecule has 1 saturated carbocycles. The molecule has 0 atom stereocenters. The van der Waals surface area contributed by atoms with Crippen LogP contribution in [0.2, 0.25) is 0 Å². The highest BCUT2D eigenvalue weighted by molar-refractivity contribution is 7.88. The highest BCUT2D eigenvalue weighted by Gasteiger charge is 2.29. The van der Waals surface area contributed by atoms with E-state index in [0.29, 0.717) is 13.0 Å². The van der Waals surface area contributed by atoms with Crippen LogP contribution in [0.3, 0.4) is 0 Å². The Labute approximate surface area is 150 Å². The van der Waals surface area contributed by atoms with Crippen molar-refractivity contribution in [1.82, 2.24) is 9.62 Å². The van der Waals surface area contributed by atoms with E-state index in [-0.39, 0.29) is 18.5 Å². The van der Waals surface area contributed by atoms with E-state index in [1.165, 1.54) is 10.6 Å². The summed E-state index contributed by atoms with van der Waals surface area (Å²) >= 11 is 0. The van der Waals surface area contributed by atoms with E-state index in [1.54, 1.807) is 7.11 Å². The number of hydrogen-bond donors (Lipinski definition) is 1. The number of amides is 1. The number of carbonyl (C=O) groups excluding carboxylic acids is 1. The molecule has 7 heteroatoms. The van der Waals surface area contributed by atoms with E-state index in [1.807, 2.05) is 24.3 Å². The first kappa shape index (κ1) is 19.7. The zero-order chi connectivity index (χ0) is 18.3. The highest BCUT2D eigenvalue weighted by Crippen LogP contribution is 2.24. The zero-order valence-electron chi connectivity index (χ0n) is 15.0. The Hall–Kier alpha value is -1.60. The third-order valence-electron chi connectivity index (χ3n) is 4.62. The molecule has 0 aliphatic heterocycles. The van der Waals surface area contributed by atoms with Crippen molar-refractivity contribution in [2.45, 2.75) is 44.6 Å². The molecule has 0 radical (unpaired) electrons. The van der Waals surface area contributed by atoms with Gasteiger partial charge in [0, 0.05) is 12.6 Å². The fourth-order valence-corrected chi connectivity index (χ4v) is 4.43. The summed E-state index contributed by atoms with van der Waals surface area (Å²) in [6.45, 7) is 0.344. The number of rotatable bonds is 8. The number of hydrogen-bond acceptors (Lipinski definition) is 4. The van der Waals surface area contributed by atoms with Crippen molar-refractivity contribution in [3.05, 3.63) is 29.8 Å². The fourth-order valence-electron chi connectivity index (χ4n) is 3.33. The van der Waals surface area contributed by atoms with Crippen LogP contribution in [0.25, 0.3) is 0 Å². The van der Waals surface area contributed by atoms with Crippen molar-refractivity contribution < 1.29 is 17.9 Å². The van der Waals surface area contributed by atoms with Crippen LogP contribution in [0.1, 0.15) is 37.7 Å². The van der Waals surface area contributed by atoms with Crippen LogP contribution < -0.4 is 10.1 Å². The SMILES string of the molecule is COc1ccccc1CCNC(=O)CN(C1CCCCC1)S(C)(=O)=O. The molecule has 25 heavy (non-hydrogen) atoms. The van der Waals surface area contributed by atoms with Gasteiger partial charge in [-0.25, -0.2) is 8.42 Å². The van der Waals surface area contributed by atoms with Gasteiger partial charge in [-0.1, -0.05) is 37.5 Å². The van der Waals surface area contributed by atoms with Crippen LogP contribution in [0, 0.1) is 0 Å². The van der Waals surface area contributed by atoms with Crippen LogP contribution >= 0.6 is 0 Å². The van der Waals surface area contributed by atoms with Crippen molar-refractivity contribution >= 4 is 15.9 Å². The molecular weight excluding hydrogens is 340 g/mol. The van der Waals surface area contributed by atoms with Crippen LogP contribution in [0.5, 0.6) is 5.75 Å². The molecule has 0 aromatic heterocycles. The Bertz CT molecular complexity index is 669. The number of ether oxygens (including phenoxy) is 1. The highest BCUT2D eigenvalue weighted by atomic mass is 32.2. The van der Waals surface area contributed by atoms with E-state index in [4.69, 9.17) is 4.74 Å². The van der Waals surface area contributed by atoms with Gasteiger partial charge in [-0.2, -0.15) is 4.31 Å². The van der Waals surface area contributed by atoms with Gasteiger partial charge in [0.25, 0.3) is 0 Å². The van der Waals surface area contributed by atoms with Gasteiger partial charge in [-0.05, 0) is 30.9 Å². The Kier molecular flexibility index (Phi) is 7.25. The maximum Gasteiger partial charge on any atom is 0.235 e. The first-order chi connectivity index (χ1) is 11.9. The summed E-state index contributed by atoms with van der Waals surface area (Å²) in [5.74, 6) is 0.530. The van der Waals surface area contributed by atoms with Crippen molar-refractivity contribution in [2.24, 2.45) is 0 Å². The first-order valence-corrected chi connectivity index (χ1v) is 10.6. The van der Waals surface area contributed by atoms with E-state index >= 15 is 0 Å². The number of sulfonamides is 1. The van der Waals surface area contributed by atoms with Crippen LogP contribution in [-0.4, -0.2) is 51.1 Å². The molecular formula is C18H28N2O4S. The van der Waals surface area contributed by atoms with E-state index < -0.39 is 10.0 Å². The molecule has 140 valence electrons.